The summed E-state index contributed by atoms with van der Waals surface area (Å²) in [5.41, 5.74) is -0.686. The standard InChI is InChI=1S/C12H10BrClN2O4S/c1-20-10-3-2-8(14)5-11(10)21(18,19)16-9-4-7(13)6-15-12(9)17/h2-6,16H,1H3,(H,15,17). The third-order valence-corrected chi connectivity index (χ3v) is 4.61. The normalized spacial score (nSPS) is 11.2. The maximum absolute atomic E-state index is 12.4. The van der Waals surface area contributed by atoms with E-state index in [4.69, 9.17) is 16.3 Å². The molecule has 0 saturated carbocycles. The fourth-order valence-corrected chi connectivity index (χ4v) is 3.42. The van der Waals surface area contributed by atoms with Crippen LogP contribution < -0.4 is 15.0 Å². The Morgan fingerprint density at radius 2 is 2.05 bits per heavy atom. The van der Waals surface area contributed by atoms with Gasteiger partial charge in [0.2, 0.25) is 0 Å². The second-order valence-electron chi connectivity index (χ2n) is 3.96. The summed E-state index contributed by atoms with van der Waals surface area (Å²) < 4.78 is 32.5. The average Bonchev–Trinajstić information content (AvgIpc) is 2.42. The van der Waals surface area contributed by atoms with Gasteiger partial charge in [-0.05, 0) is 40.2 Å². The number of halogens is 2. The number of pyridine rings is 1. The van der Waals surface area contributed by atoms with Crippen molar-refractivity contribution in [1.82, 2.24) is 4.98 Å². The van der Waals surface area contributed by atoms with Gasteiger partial charge in [0.15, 0.2) is 0 Å². The summed E-state index contributed by atoms with van der Waals surface area (Å²) in [6.45, 7) is 0. The Bertz CT molecular complexity index is 835. The molecule has 0 atom stereocenters. The first-order chi connectivity index (χ1) is 9.83. The minimum absolute atomic E-state index is 0.119. The molecule has 0 fully saturated rings. The first-order valence-electron chi connectivity index (χ1n) is 5.58. The van der Waals surface area contributed by atoms with Crippen molar-refractivity contribution in [2.75, 3.05) is 11.8 Å². The van der Waals surface area contributed by atoms with Crippen molar-refractivity contribution in [3.63, 3.8) is 0 Å². The van der Waals surface area contributed by atoms with Crippen molar-refractivity contribution in [3.8, 4) is 5.75 Å². The molecule has 2 rings (SSSR count). The minimum Gasteiger partial charge on any atom is -0.495 e. The van der Waals surface area contributed by atoms with E-state index >= 15 is 0 Å². The highest BCUT2D eigenvalue weighted by atomic mass is 79.9. The van der Waals surface area contributed by atoms with Crippen LogP contribution in [0.15, 0.2) is 44.6 Å². The lowest BCUT2D eigenvalue weighted by atomic mass is 10.3. The van der Waals surface area contributed by atoms with Crippen LogP contribution in [0.1, 0.15) is 0 Å². The van der Waals surface area contributed by atoms with Crippen LogP contribution in [0, 0.1) is 0 Å². The number of anilines is 1. The van der Waals surface area contributed by atoms with E-state index < -0.39 is 15.6 Å². The molecule has 2 N–H and O–H groups in total. The van der Waals surface area contributed by atoms with Crippen LogP contribution in [0.25, 0.3) is 0 Å². The highest BCUT2D eigenvalue weighted by Crippen LogP contribution is 2.28. The molecular weight excluding hydrogens is 384 g/mol. The molecule has 0 amide bonds. The Kier molecular flexibility index (Phi) is 4.60. The van der Waals surface area contributed by atoms with E-state index in [-0.39, 0.29) is 21.4 Å². The Balaban J connectivity index is 2.50. The lowest BCUT2D eigenvalue weighted by molar-refractivity contribution is 0.403. The maximum Gasteiger partial charge on any atom is 0.272 e. The van der Waals surface area contributed by atoms with Gasteiger partial charge in [0.25, 0.3) is 15.6 Å². The molecule has 0 aliphatic heterocycles. The predicted octanol–water partition coefficient (Wildman–Crippen LogP) is 2.60. The van der Waals surface area contributed by atoms with Gasteiger partial charge in [-0.2, -0.15) is 0 Å². The van der Waals surface area contributed by atoms with Crippen LogP contribution in [0.4, 0.5) is 5.69 Å². The molecular formula is C12H10BrClN2O4S. The molecule has 1 aromatic carbocycles. The zero-order valence-corrected chi connectivity index (χ0v) is 13.8. The molecule has 9 heteroatoms. The van der Waals surface area contributed by atoms with Gasteiger partial charge in [-0.3, -0.25) is 9.52 Å². The Morgan fingerprint density at radius 1 is 1.33 bits per heavy atom. The molecule has 0 unspecified atom stereocenters. The van der Waals surface area contributed by atoms with Crippen LogP contribution in [0.5, 0.6) is 5.75 Å². The van der Waals surface area contributed by atoms with Crippen LogP contribution in [-0.4, -0.2) is 20.5 Å². The van der Waals surface area contributed by atoms with Crippen molar-refractivity contribution in [2.45, 2.75) is 4.90 Å². The number of benzene rings is 1. The van der Waals surface area contributed by atoms with E-state index in [9.17, 15) is 13.2 Å². The second kappa shape index (κ2) is 6.08. The number of sulfonamides is 1. The summed E-state index contributed by atoms with van der Waals surface area (Å²) in [6, 6.07) is 5.54. The van der Waals surface area contributed by atoms with Crippen LogP contribution in [0.3, 0.4) is 0 Å². The van der Waals surface area contributed by atoms with Crippen molar-refractivity contribution in [1.29, 1.82) is 0 Å². The summed E-state index contributed by atoms with van der Waals surface area (Å²) in [5.74, 6) is 0.123. The Morgan fingerprint density at radius 3 is 2.71 bits per heavy atom. The maximum atomic E-state index is 12.4. The van der Waals surface area contributed by atoms with Crippen LogP contribution in [0.2, 0.25) is 5.02 Å². The zero-order chi connectivity index (χ0) is 15.6. The highest BCUT2D eigenvalue weighted by Gasteiger charge is 2.21. The Hall–Kier alpha value is -1.51. The summed E-state index contributed by atoms with van der Waals surface area (Å²) in [5, 5.41) is 0.235. The first-order valence-corrected chi connectivity index (χ1v) is 8.23. The molecule has 0 bridgehead atoms. The fourth-order valence-electron chi connectivity index (χ4n) is 1.59. The quantitative estimate of drug-likeness (QED) is 0.836. The summed E-state index contributed by atoms with van der Waals surface area (Å²) in [7, 11) is -2.68. The smallest absolute Gasteiger partial charge is 0.272 e. The summed E-state index contributed by atoms with van der Waals surface area (Å²) in [4.78, 5) is 13.9. The molecule has 0 aliphatic rings. The number of nitrogens with one attached hydrogen (secondary N) is 2. The van der Waals surface area contributed by atoms with E-state index in [1.807, 2.05) is 0 Å². The van der Waals surface area contributed by atoms with Gasteiger partial charge in [-0.15, -0.1) is 0 Å². The fraction of sp³-hybridized carbons (Fsp3) is 0.0833. The number of ether oxygens (including phenoxy) is 1. The van der Waals surface area contributed by atoms with Crippen LogP contribution >= 0.6 is 27.5 Å². The van der Waals surface area contributed by atoms with E-state index in [0.717, 1.165) is 0 Å². The predicted molar refractivity (Wildman–Crippen MR) is 83.6 cm³/mol. The second-order valence-corrected chi connectivity index (χ2v) is 6.96. The van der Waals surface area contributed by atoms with Crippen molar-refractivity contribution in [2.24, 2.45) is 0 Å². The van der Waals surface area contributed by atoms with Gasteiger partial charge in [-0.1, -0.05) is 11.6 Å². The largest absolute Gasteiger partial charge is 0.495 e. The lowest BCUT2D eigenvalue weighted by Crippen LogP contribution is -2.20. The van der Waals surface area contributed by atoms with Crippen LogP contribution in [-0.2, 0) is 10.0 Å². The molecule has 0 aliphatic carbocycles. The number of hydrogen-bond acceptors (Lipinski definition) is 4. The van der Waals surface area contributed by atoms with E-state index in [2.05, 4.69) is 25.6 Å². The van der Waals surface area contributed by atoms with Gasteiger partial charge in [0.1, 0.15) is 16.3 Å². The average molecular weight is 394 g/mol. The molecule has 1 aromatic heterocycles. The topological polar surface area (TPSA) is 88.3 Å². The molecule has 0 radical (unpaired) electrons. The van der Waals surface area contributed by atoms with E-state index in [1.165, 1.54) is 37.6 Å². The number of aromatic nitrogens is 1. The molecule has 1 heterocycles. The Labute approximate surface area is 134 Å². The van der Waals surface area contributed by atoms with Gasteiger partial charge >= 0.3 is 0 Å². The van der Waals surface area contributed by atoms with Crippen molar-refractivity contribution >= 4 is 43.2 Å². The molecule has 0 saturated heterocycles. The number of aromatic amines is 1. The third kappa shape index (κ3) is 3.58. The van der Waals surface area contributed by atoms with Gasteiger partial charge in [0.05, 0.1) is 7.11 Å². The van der Waals surface area contributed by atoms with Gasteiger partial charge in [-0.25, -0.2) is 8.42 Å². The van der Waals surface area contributed by atoms with Gasteiger partial charge in [0, 0.05) is 15.7 Å². The summed E-state index contributed by atoms with van der Waals surface area (Å²) in [6.07, 6.45) is 1.40. The molecule has 21 heavy (non-hydrogen) atoms. The monoisotopic (exact) mass is 392 g/mol. The number of hydrogen-bond donors (Lipinski definition) is 2. The zero-order valence-electron chi connectivity index (χ0n) is 10.7. The number of rotatable bonds is 4. The summed E-state index contributed by atoms with van der Waals surface area (Å²) >= 11 is 8.97. The third-order valence-electron chi connectivity index (χ3n) is 2.53. The molecule has 2 aromatic rings. The van der Waals surface area contributed by atoms with Gasteiger partial charge < -0.3 is 9.72 Å². The van der Waals surface area contributed by atoms with E-state index in [1.54, 1.807) is 0 Å². The molecule has 112 valence electrons. The SMILES string of the molecule is COc1ccc(Cl)cc1S(=O)(=O)Nc1cc(Br)c[nH]c1=O. The molecule has 6 nitrogen and oxygen atoms in total. The first kappa shape index (κ1) is 15.9. The number of methoxy groups -OCH3 is 1. The van der Waals surface area contributed by atoms with Crippen molar-refractivity contribution < 1.29 is 13.2 Å². The van der Waals surface area contributed by atoms with E-state index in [0.29, 0.717) is 4.47 Å². The van der Waals surface area contributed by atoms with Crippen molar-refractivity contribution in [3.05, 3.63) is 50.3 Å². The lowest BCUT2D eigenvalue weighted by Gasteiger charge is -2.11. The molecule has 0 spiro atoms. The number of H-pyrrole nitrogens is 1. The minimum atomic E-state index is -4.02. The highest BCUT2D eigenvalue weighted by molar-refractivity contribution is 9.10.